The van der Waals surface area contributed by atoms with Crippen molar-refractivity contribution in [2.24, 2.45) is 76.9 Å². The van der Waals surface area contributed by atoms with Crippen LogP contribution in [-0.4, -0.2) is 97.1 Å². The van der Waals surface area contributed by atoms with Gasteiger partial charge in [0.2, 0.25) is 0 Å². The monoisotopic (exact) mass is 1270 g/mol. The van der Waals surface area contributed by atoms with Crippen molar-refractivity contribution in [2.75, 3.05) is 26.4 Å². The van der Waals surface area contributed by atoms with Gasteiger partial charge in [0.05, 0.1) is 55.8 Å². The second-order valence-electron chi connectivity index (χ2n) is 30.7. The fourth-order valence-corrected chi connectivity index (χ4v) is 8.10. The maximum absolute atomic E-state index is 11.0. The predicted octanol–water partition coefficient (Wildman–Crippen LogP) is 23.7. The lowest BCUT2D eigenvalue weighted by Crippen LogP contribution is -2.26. The molecule has 0 bridgehead atoms. The van der Waals surface area contributed by atoms with Crippen LogP contribution in [0.25, 0.3) is 0 Å². The van der Waals surface area contributed by atoms with Gasteiger partial charge < -0.3 is 29.0 Å². The normalized spacial score (nSPS) is 11.1. The van der Waals surface area contributed by atoms with Crippen LogP contribution >= 0.6 is 11.8 Å². The van der Waals surface area contributed by atoms with Crippen molar-refractivity contribution in [3.8, 4) is 0 Å². The molecule has 0 spiro atoms. The molecule has 1 N–H and O–H groups in total. The maximum Gasteiger partial charge on any atom is 0.308 e. The van der Waals surface area contributed by atoms with Crippen molar-refractivity contribution in [3.05, 3.63) is 0 Å². The second kappa shape index (κ2) is 75.7. The second-order valence-corrected chi connectivity index (χ2v) is 32.8. The van der Waals surface area contributed by atoms with Gasteiger partial charge in [0, 0.05) is 36.8 Å². The molecule has 0 saturated carbocycles. The average molecular weight is 1270 g/mol. The summed E-state index contributed by atoms with van der Waals surface area (Å²) in [5, 5.41) is 4.93. The third kappa shape index (κ3) is 163. The summed E-state index contributed by atoms with van der Waals surface area (Å²) in [4.78, 5) is 32.5. The summed E-state index contributed by atoms with van der Waals surface area (Å²) in [6.45, 7) is 96.1. The van der Waals surface area contributed by atoms with Crippen LogP contribution in [0, 0.1) is 76.9 Å². The molecule has 0 aromatic heterocycles. The average Bonchev–Trinajstić information content (AvgIpc) is 3.28. The van der Waals surface area contributed by atoms with Crippen LogP contribution in [0.4, 0.5) is 0 Å². The number of Topliss-reactive ketones (excluding diaryl/α,β-unsaturated/α-hetero) is 2. The minimum atomic E-state index is -0.120. The number of ketones is 2. The number of carbonyl (C=O) groups is 3. The molecule has 0 heterocycles. The first-order chi connectivity index (χ1) is 39.1. The molecule has 0 saturated heterocycles. The van der Waals surface area contributed by atoms with Crippen molar-refractivity contribution in [3.63, 3.8) is 0 Å². The molecule has 0 amide bonds. The molecular weight excluding hydrogens is 1100 g/mol. The molecule has 0 atom stereocenters. The summed E-state index contributed by atoms with van der Waals surface area (Å²) in [6.07, 6.45) is 6.60. The summed E-state index contributed by atoms with van der Waals surface area (Å²) >= 11 is 2.01. The number of hydrogen-bond acceptors (Lipinski definition) is 10. The van der Waals surface area contributed by atoms with Gasteiger partial charge in [-0.2, -0.15) is 11.8 Å². The molecule has 0 aliphatic heterocycles. The number of carbonyl (C=O) groups excluding carboxylic acids is 3. The van der Waals surface area contributed by atoms with E-state index in [2.05, 4.69) is 185 Å². The van der Waals surface area contributed by atoms with Crippen LogP contribution in [0.5, 0.6) is 0 Å². The fourth-order valence-electron chi connectivity index (χ4n) is 7.01. The summed E-state index contributed by atoms with van der Waals surface area (Å²) in [5.74, 6) is 8.43. The van der Waals surface area contributed by atoms with Gasteiger partial charge in [0.15, 0.2) is 0 Å². The van der Waals surface area contributed by atoms with Crippen LogP contribution in [0.15, 0.2) is 0 Å². The van der Waals surface area contributed by atoms with Crippen LogP contribution < -0.4 is 5.32 Å². The van der Waals surface area contributed by atoms with E-state index < -0.39 is 0 Å². The standard InChI is InChI=1S/C8H18O2.C8H16O.C7H17N.C7H14O2.C7H16O.C7H14O.3C7H16.C6H14O.C6H14S/c1-7(2)9-5-6-10-8(3)4;1-6(2)5-8(9)7(3)4;1-6(2)5-8-7(3)4;1-5(2)7(8)9-6(3)4;1-6(2)5-8-7(3)4;1-5(2)7(8)6(3)4;3*1-6(2)5-7(3)4;2*1-5(2)7-6(3)4/h7-8H,5-6H2,1-4H3;6-7H,5H2,1-4H3;6-8H,5H2,1-4H3;5-6H,1-4H3;6-7H,5H2,1-4H3;5-6H,1-4H3;3*6-7H,5H2,1-4H3;2*5-6H,1-4H3. The summed E-state index contributed by atoms with van der Waals surface area (Å²) < 4.78 is 26.0. The lowest BCUT2D eigenvalue weighted by Gasteiger charge is -2.09. The fraction of sp³-hybridized carbons (Fsp3) is 0.961. The highest BCUT2D eigenvalue weighted by Crippen LogP contribution is 2.15. The molecule has 0 aromatic carbocycles. The Hall–Kier alpha value is -1.04. The molecule has 0 aromatic rings. The zero-order chi connectivity index (χ0) is 72.0. The lowest BCUT2D eigenvalue weighted by atomic mass is 9.99. The van der Waals surface area contributed by atoms with E-state index in [9.17, 15) is 14.4 Å². The van der Waals surface area contributed by atoms with Gasteiger partial charge in [-0.3, -0.25) is 14.4 Å². The molecular formula is C77H171NO8S. The Morgan fingerprint density at radius 2 is 0.621 bits per heavy atom. The SMILES string of the molecule is CC(C)C(=O)C(C)C.CC(C)CC(=O)C(C)C.CC(C)CC(C)C.CC(C)CC(C)C.CC(C)CC(C)C.CC(C)CNC(C)C.CC(C)COC(C)C.CC(C)OC(=O)C(C)C.CC(C)OC(C)C.CC(C)OCCOC(C)C.CC(C)SC(C)C. The lowest BCUT2D eigenvalue weighted by molar-refractivity contribution is -0.151. The first-order valence-electron chi connectivity index (χ1n) is 35.3. The van der Waals surface area contributed by atoms with E-state index in [-0.39, 0.29) is 35.7 Å². The Morgan fingerprint density at radius 1 is 0.322 bits per heavy atom. The van der Waals surface area contributed by atoms with Gasteiger partial charge in [-0.25, -0.2) is 0 Å². The van der Waals surface area contributed by atoms with Crippen LogP contribution in [0.2, 0.25) is 0 Å². The number of rotatable bonds is 28. The molecule has 87 heavy (non-hydrogen) atoms. The maximum atomic E-state index is 11.0. The molecule has 0 radical (unpaired) electrons. The number of hydrogen-bond donors (Lipinski definition) is 1. The van der Waals surface area contributed by atoms with Gasteiger partial charge >= 0.3 is 5.97 Å². The Bertz CT molecular complexity index is 1120. The van der Waals surface area contributed by atoms with E-state index >= 15 is 0 Å². The number of esters is 1. The molecule has 10 heteroatoms. The van der Waals surface area contributed by atoms with Crippen molar-refractivity contribution in [1.82, 2.24) is 5.32 Å². The minimum absolute atomic E-state index is 0.00704. The Morgan fingerprint density at radius 3 is 0.690 bits per heavy atom. The van der Waals surface area contributed by atoms with Crippen LogP contribution in [0.1, 0.15) is 330 Å². The molecule has 9 nitrogen and oxygen atoms in total. The number of thioether (sulfide) groups is 1. The minimum Gasteiger partial charge on any atom is -0.463 e. The van der Waals surface area contributed by atoms with E-state index in [0.29, 0.717) is 73.2 Å². The van der Waals surface area contributed by atoms with Gasteiger partial charge in [-0.1, -0.05) is 222 Å². The Labute approximate surface area is 556 Å². The zero-order valence-corrected chi connectivity index (χ0v) is 68.8. The van der Waals surface area contributed by atoms with E-state index in [0.717, 1.165) is 71.5 Å². The highest BCUT2D eigenvalue weighted by Gasteiger charge is 2.11. The quantitative estimate of drug-likeness (QED) is 0.0601. The third-order valence-corrected chi connectivity index (χ3v) is 10.9. The number of nitrogens with one attached hydrogen (secondary N) is 1. The zero-order valence-electron chi connectivity index (χ0n) is 68.0. The molecule has 0 aliphatic rings. The van der Waals surface area contributed by atoms with Crippen molar-refractivity contribution < 1.29 is 38.1 Å². The predicted molar refractivity (Wildman–Crippen MR) is 398 cm³/mol. The number of ether oxygens (including phenoxy) is 5. The summed E-state index contributed by atoms with van der Waals surface area (Å²) in [5.41, 5.74) is 0. The van der Waals surface area contributed by atoms with Gasteiger partial charge in [-0.05, 0) is 173 Å². The third-order valence-electron chi connectivity index (χ3n) is 9.81. The van der Waals surface area contributed by atoms with Gasteiger partial charge in [-0.15, -0.1) is 0 Å². The van der Waals surface area contributed by atoms with Crippen molar-refractivity contribution in [2.45, 2.75) is 383 Å². The van der Waals surface area contributed by atoms with Crippen molar-refractivity contribution in [1.29, 1.82) is 0 Å². The Kier molecular flexibility index (Phi) is 96.1. The largest absolute Gasteiger partial charge is 0.463 e. The highest BCUT2D eigenvalue weighted by atomic mass is 32.2. The first-order valence-corrected chi connectivity index (χ1v) is 36.2. The molecule has 0 unspecified atom stereocenters. The van der Waals surface area contributed by atoms with Gasteiger partial charge in [0.25, 0.3) is 0 Å². The molecule has 0 rings (SSSR count). The van der Waals surface area contributed by atoms with E-state index in [1.54, 1.807) is 0 Å². The highest BCUT2D eigenvalue weighted by molar-refractivity contribution is 8.00. The summed E-state index contributed by atoms with van der Waals surface area (Å²) in [7, 11) is 0. The van der Waals surface area contributed by atoms with Crippen LogP contribution in [0.3, 0.4) is 0 Å². The first kappa shape index (κ1) is 110. The van der Waals surface area contributed by atoms with E-state index in [1.807, 2.05) is 136 Å². The van der Waals surface area contributed by atoms with Crippen LogP contribution in [-0.2, 0) is 38.1 Å². The topological polar surface area (TPSA) is 109 Å². The molecule has 0 fully saturated rings. The smallest absolute Gasteiger partial charge is 0.308 e. The molecule has 0 aliphatic carbocycles. The molecule has 538 valence electrons. The van der Waals surface area contributed by atoms with Crippen molar-refractivity contribution >= 4 is 29.3 Å². The van der Waals surface area contributed by atoms with E-state index in [4.69, 9.17) is 23.7 Å². The summed E-state index contributed by atoms with van der Waals surface area (Å²) in [6, 6.07) is 0.636. The van der Waals surface area contributed by atoms with E-state index in [1.165, 1.54) is 19.3 Å². The Balaban J connectivity index is -0.0000000813. The van der Waals surface area contributed by atoms with Gasteiger partial charge in [0.1, 0.15) is 11.6 Å².